The molecule has 0 radical (unpaired) electrons. The third-order valence-electron chi connectivity index (χ3n) is 5.50. The Hall–Kier alpha value is -2.71. The van der Waals surface area contributed by atoms with E-state index in [0.717, 1.165) is 53.0 Å². The Bertz CT molecular complexity index is 1210. The molecule has 0 N–H and O–H groups in total. The third kappa shape index (κ3) is 4.09. The van der Waals surface area contributed by atoms with Crippen LogP contribution in [-0.2, 0) is 6.42 Å². The Balaban J connectivity index is 1.34. The van der Waals surface area contributed by atoms with Gasteiger partial charge in [0.15, 0.2) is 10.9 Å². The predicted molar refractivity (Wildman–Crippen MR) is 124 cm³/mol. The number of ketones is 1. The second kappa shape index (κ2) is 8.43. The Labute approximate surface area is 189 Å². The summed E-state index contributed by atoms with van der Waals surface area (Å²) in [5.74, 6) is 2.27. The first-order chi connectivity index (χ1) is 15.1. The van der Waals surface area contributed by atoms with E-state index in [-0.39, 0.29) is 5.78 Å². The summed E-state index contributed by atoms with van der Waals surface area (Å²) in [5, 5.41) is 11.8. The fourth-order valence-electron chi connectivity index (χ4n) is 3.89. The van der Waals surface area contributed by atoms with Gasteiger partial charge in [0.1, 0.15) is 11.6 Å². The van der Waals surface area contributed by atoms with Gasteiger partial charge < -0.3 is 9.13 Å². The Kier molecular flexibility index (Phi) is 5.50. The Morgan fingerprint density at radius 2 is 2.06 bits per heavy atom. The van der Waals surface area contributed by atoms with Gasteiger partial charge in [-0.3, -0.25) is 4.79 Å². The van der Waals surface area contributed by atoms with E-state index >= 15 is 0 Å². The fourth-order valence-corrected chi connectivity index (χ4v) is 5.50. The molecule has 8 heteroatoms. The summed E-state index contributed by atoms with van der Waals surface area (Å²) in [6.45, 7) is 3.98. The Morgan fingerprint density at radius 3 is 2.77 bits per heavy atom. The van der Waals surface area contributed by atoms with Crippen molar-refractivity contribution in [2.24, 2.45) is 0 Å². The van der Waals surface area contributed by atoms with E-state index in [0.29, 0.717) is 11.8 Å². The fraction of sp³-hybridized carbons (Fsp3) is 0.304. The van der Waals surface area contributed by atoms with Crippen LogP contribution in [0, 0.1) is 13.8 Å². The van der Waals surface area contributed by atoms with Gasteiger partial charge in [0.25, 0.3) is 0 Å². The van der Waals surface area contributed by atoms with Crippen molar-refractivity contribution in [3.63, 3.8) is 0 Å². The number of aryl methyl sites for hydroxylation is 1. The van der Waals surface area contributed by atoms with E-state index < -0.39 is 0 Å². The maximum atomic E-state index is 13.1. The molecule has 0 saturated heterocycles. The standard InChI is InChI=1S/C23H23N5OS2/c1-15-12-19(16(2)27(15)21-7-3-4-10-24-21)20(29)14-31-23-26-25-22(28(23)17-8-9-17)13-18-6-5-11-30-18/h3-7,10-12,17H,8-9,13-14H2,1-2H3. The van der Waals surface area contributed by atoms with Gasteiger partial charge in [-0.2, -0.15) is 0 Å². The van der Waals surface area contributed by atoms with E-state index in [1.165, 1.54) is 16.6 Å². The van der Waals surface area contributed by atoms with Crippen molar-refractivity contribution < 1.29 is 4.79 Å². The van der Waals surface area contributed by atoms with E-state index in [9.17, 15) is 4.79 Å². The lowest BCUT2D eigenvalue weighted by atomic mass is 10.2. The highest BCUT2D eigenvalue weighted by molar-refractivity contribution is 7.99. The number of Topliss-reactive ketones (excluding diaryl/α,β-unsaturated/α-hetero) is 1. The van der Waals surface area contributed by atoms with Gasteiger partial charge in [-0.05, 0) is 56.3 Å². The molecule has 31 heavy (non-hydrogen) atoms. The minimum absolute atomic E-state index is 0.102. The van der Waals surface area contributed by atoms with Crippen LogP contribution in [0.2, 0.25) is 0 Å². The lowest BCUT2D eigenvalue weighted by Gasteiger charge is -2.09. The van der Waals surface area contributed by atoms with Crippen molar-refractivity contribution in [1.82, 2.24) is 24.3 Å². The summed E-state index contributed by atoms with van der Waals surface area (Å²) >= 11 is 3.23. The molecule has 0 aliphatic heterocycles. The van der Waals surface area contributed by atoms with Crippen molar-refractivity contribution in [2.45, 2.75) is 44.3 Å². The zero-order chi connectivity index (χ0) is 21.4. The van der Waals surface area contributed by atoms with E-state index in [1.54, 1.807) is 17.5 Å². The number of carbonyl (C=O) groups excluding carboxylic acids is 1. The van der Waals surface area contributed by atoms with Crippen LogP contribution in [0.4, 0.5) is 0 Å². The summed E-state index contributed by atoms with van der Waals surface area (Å²) in [5.41, 5.74) is 2.67. The molecule has 4 aromatic heterocycles. The maximum absolute atomic E-state index is 13.1. The molecular weight excluding hydrogens is 426 g/mol. The number of hydrogen-bond acceptors (Lipinski definition) is 6. The number of nitrogens with zero attached hydrogens (tertiary/aromatic N) is 5. The molecule has 0 spiro atoms. The molecule has 6 nitrogen and oxygen atoms in total. The maximum Gasteiger partial charge on any atom is 0.191 e. The highest BCUT2D eigenvalue weighted by atomic mass is 32.2. The van der Waals surface area contributed by atoms with Crippen LogP contribution in [0.25, 0.3) is 5.82 Å². The highest BCUT2D eigenvalue weighted by Gasteiger charge is 2.30. The predicted octanol–water partition coefficient (Wildman–Crippen LogP) is 5.04. The molecule has 1 aliphatic carbocycles. The number of pyridine rings is 1. The molecular formula is C23H23N5OS2. The molecule has 0 bridgehead atoms. The molecule has 4 heterocycles. The first-order valence-electron chi connectivity index (χ1n) is 10.3. The zero-order valence-corrected chi connectivity index (χ0v) is 19.1. The van der Waals surface area contributed by atoms with Gasteiger partial charge in [0.05, 0.1) is 5.75 Å². The van der Waals surface area contributed by atoms with Crippen molar-refractivity contribution >= 4 is 28.9 Å². The highest BCUT2D eigenvalue weighted by Crippen LogP contribution is 2.39. The molecule has 5 rings (SSSR count). The van der Waals surface area contributed by atoms with Crippen LogP contribution in [0.15, 0.2) is 53.1 Å². The summed E-state index contributed by atoms with van der Waals surface area (Å²) in [6, 6.07) is 12.4. The van der Waals surface area contributed by atoms with Gasteiger partial charge in [-0.25, -0.2) is 4.98 Å². The second-order valence-corrected chi connectivity index (χ2v) is 9.75. The number of rotatable bonds is 8. The van der Waals surface area contributed by atoms with E-state index in [1.807, 2.05) is 42.7 Å². The zero-order valence-electron chi connectivity index (χ0n) is 17.5. The van der Waals surface area contributed by atoms with Gasteiger partial charge in [-0.15, -0.1) is 21.5 Å². The molecule has 1 saturated carbocycles. The minimum Gasteiger partial charge on any atom is -0.303 e. The van der Waals surface area contributed by atoms with Gasteiger partial charge in [0, 0.05) is 40.5 Å². The summed E-state index contributed by atoms with van der Waals surface area (Å²) < 4.78 is 4.28. The molecule has 0 unspecified atom stereocenters. The smallest absolute Gasteiger partial charge is 0.191 e. The normalized spacial score (nSPS) is 13.6. The number of thiophene rings is 1. The molecule has 1 aliphatic rings. The van der Waals surface area contributed by atoms with Gasteiger partial charge in [0.2, 0.25) is 0 Å². The monoisotopic (exact) mass is 449 g/mol. The minimum atomic E-state index is 0.102. The molecule has 1 fully saturated rings. The van der Waals surface area contributed by atoms with Crippen molar-refractivity contribution in [3.05, 3.63) is 75.6 Å². The van der Waals surface area contributed by atoms with Crippen LogP contribution >= 0.6 is 23.1 Å². The first-order valence-corrected chi connectivity index (χ1v) is 12.2. The summed E-state index contributed by atoms with van der Waals surface area (Å²) in [6.07, 6.45) is 4.87. The second-order valence-electron chi connectivity index (χ2n) is 7.78. The number of thioether (sulfide) groups is 1. The van der Waals surface area contributed by atoms with Crippen molar-refractivity contribution in [1.29, 1.82) is 0 Å². The topological polar surface area (TPSA) is 65.6 Å². The molecule has 0 atom stereocenters. The van der Waals surface area contributed by atoms with Crippen LogP contribution in [0.3, 0.4) is 0 Å². The van der Waals surface area contributed by atoms with E-state index in [4.69, 9.17) is 0 Å². The lowest BCUT2D eigenvalue weighted by molar-refractivity contribution is 0.102. The van der Waals surface area contributed by atoms with Crippen LogP contribution < -0.4 is 0 Å². The third-order valence-corrected chi connectivity index (χ3v) is 7.32. The average Bonchev–Trinajstić information content (AvgIpc) is 3.18. The van der Waals surface area contributed by atoms with Gasteiger partial charge >= 0.3 is 0 Å². The van der Waals surface area contributed by atoms with Crippen LogP contribution in [0.5, 0.6) is 0 Å². The molecule has 4 aromatic rings. The van der Waals surface area contributed by atoms with Gasteiger partial charge in [-0.1, -0.05) is 23.9 Å². The first kappa shape index (κ1) is 20.2. The SMILES string of the molecule is Cc1cc(C(=O)CSc2nnc(Cc3cccs3)n2C2CC2)c(C)n1-c1ccccn1. The average molecular weight is 450 g/mol. The number of carbonyl (C=O) groups is 1. The van der Waals surface area contributed by atoms with Crippen LogP contribution in [0.1, 0.15) is 51.3 Å². The van der Waals surface area contributed by atoms with Crippen molar-refractivity contribution in [2.75, 3.05) is 5.75 Å². The summed E-state index contributed by atoms with van der Waals surface area (Å²) in [7, 11) is 0. The molecule has 0 aromatic carbocycles. The largest absolute Gasteiger partial charge is 0.303 e. The van der Waals surface area contributed by atoms with Crippen LogP contribution in [-0.4, -0.2) is 35.9 Å². The lowest BCUT2D eigenvalue weighted by Crippen LogP contribution is -2.08. The Morgan fingerprint density at radius 1 is 1.19 bits per heavy atom. The van der Waals surface area contributed by atoms with Crippen molar-refractivity contribution in [3.8, 4) is 5.82 Å². The molecule has 158 valence electrons. The number of hydrogen-bond donors (Lipinski definition) is 0. The van der Waals surface area contributed by atoms with E-state index in [2.05, 4.69) is 37.3 Å². The quantitative estimate of drug-likeness (QED) is 0.278. The summed E-state index contributed by atoms with van der Waals surface area (Å²) in [4.78, 5) is 18.8. The number of aromatic nitrogens is 5. The molecule has 0 amide bonds.